The van der Waals surface area contributed by atoms with Crippen LogP contribution in [0.5, 0.6) is 0 Å². The number of fused-ring (bicyclic) bond motifs is 1. The summed E-state index contributed by atoms with van der Waals surface area (Å²) in [5, 5.41) is 12.6. The van der Waals surface area contributed by atoms with Crippen LogP contribution in [0.1, 0.15) is 97.7 Å². The van der Waals surface area contributed by atoms with Crippen LogP contribution >= 0.6 is 11.3 Å². The Hall–Kier alpha value is -3.04. The molecule has 2 atom stereocenters. The number of likely N-dealkylation sites (tertiary alicyclic amines) is 1. The van der Waals surface area contributed by atoms with Gasteiger partial charge in [0.1, 0.15) is 16.7 Å². The average molecular weight is 640 g/mol. The van der Waals surface area contributed by atoms with Gasteiger partial charge >= 0.3 is 0 Å². The number of thiazole rings is 1. The first-order valence-electron chi connectivity index (χ1n) is 16.1. The highest BCUT2D eigenvalue weighted by Crippen LogP contribution is 2.37. The van der Waals surface area contributed by atoms with Gasteiger partial charge in [-0.3, -0.25) is 24.1 Å². The minimum atomic E-state index is -0.892. The smallest absolute Gasteiger partial charge is 0.276 e. The molecular weight excluding hydrogens is 590 g/mol. The van der Waals surface area contributed by atoms with Crippen molar-refractivity contribution in [3.63, 3.8) is 0 Å². The van der Waals surface area contributed by atoms with E-state index >= 15 is 0 Å². The number of carbonyl (C=O) groups is 3. The predicted octanol–water partition coefficient (Wildman–Crippen LogP) is 4.62. The summed E-state index contributed by atoms with van der Waals surface area (Å²) < 4.78 is 0. The maximum Gasteiger partial charge on any atom is 0.276 e. The van der Waals surface area contributed by atoms with Crippen LogP contribution in [0.4, 0.5) is 0 Å². The zero-order chi connectivity index (χ0) is 32.9. The van der Waals surface area contributed by atoms with Crippen LogP contribution in [-0.2, 0) is 19.2 Å². The Morgan fingerprint density at radius 2 is 1.89 bits per heavy atom. The van der Waals surface area contributed by atoms with Crippen molar-refractivity contribution in [3.05, 3.63) is 34.2 Å². The number of piperidine rings is 1. The van der Waals surface area contributed by atoms with Gasteiger partial charge < -0.3 is 14.9 Å². The fourth-order valence-electron chi connectivity index (χ4n) is 5.90. The molecule has 0 spiro atoms. The molecule has 3 amide bonds. The van der Waals surface area contributed by atoms with Gasteiger partial charge in [-0.1, -0.05) is 40.5 Å². The lowest BCUT2D eigenvalue weighted by atomic mass is 9.85. The first-order valence-corrected chi connectivity index (χ1v) is 17.0. The third kappa shape index (κ3) is 8.82. The monoisotopic (exact) mass is 639 g/mol. The van der Waals surface area contributed by atoms with Gasteiger partial charge in [0.15, 0.2) is 11.9 Å². The van der Waals surface area contributed by atoms with Crippen LogP contribution in [0.15, 0.2) is 23.5 Å². The largest absolute Gasteiger partial charge is 0.396 e. The molecule has 2 fully saturated rings. The molecule has 0 aromatic carbocycles. The summed E-state index contributed by atoms with van der Waals surface area (Å²) in [5.74, 6) is 5.53. The molecule has 0 unspecified atom stereocenters. The lowest BCUT2D eigenvalue weighted by Crippen LogP contribution is -2.65. The third-order valence-corrected chi connectivity index (χ3v) is 9.00. The van der Waals surface area contributed by atoms with Crippen molar-refractivity contribution in [3.8, 4) is 11.8 Å². The number of hydroxylamine groups is 2. The number of carbonyl (C=O) groups excluding carboxylic acids is 3. The molecule has 1 aromatic heterocycles. The zero-order valence-corrected chi connectivity index (χ0v) is 28.6. The van der Waals surface area contributed by atoms with Gasteiger partial charge in [0.05, 0.1) is 6.20 Å². The van der Waals surface area contributed by atoms with E-state index in [0.717, 1.165) is 25.9 Å². The summed E-state index contributed by atoms with van der Waals surface area (Å²) in [6.45, 7) is 16.4. The quantitative estimate of drug-likeness (QED) is 0.239. The van der Waals surface area contributed by atoms with Crippen LogP contribution in [0.3, 0.4) is 0 Å². The summed E-state index contributed by atoms with van der Waals surface area (Å²) in [7, 11) is 0. The number of aliphatic hydroxyl groups excluding tert-OH is 1. The molecule has 10 nitrogen and oxygen atoms in total. The van der Waals surface area contributed by atoms with Gasteiger partial charge in [-0.15, -0.1) is 11.3 Å². The van der Waals surface area contributed by atoms with E-state index in [1.807, 2.05) is 19.2 Å². The van der Waals surface area contributed by atoms with Crippen molar-refractivity contribution in [2.24, 2.45) is 11.3 Å². The van der Waals surface area contributed by atoms with Crippen molar-refractivity contribution in [1.82, 2.24) is 24.7 Å². The Labute approximate surface area is 272 Å². The lowest BCUT2D eigenvalue weighted by Gasteiger charge is -2.50. The van der Waals surface area contributed by atoms with Crippen molar-refractivity contribution >= 4 is 35.1 Å². The molecule has 0 aliphatic carbocycles. The van der Waals surface area contributed by atoms with E-state index in [1.54, 1.807) is 17.2 Å². The maximum absolute atomic E-state index is 14.2. The Morgan fingerprint density at radius 1 is 1.18 bits per heavy atom. The van der Waals surface area contributed by atoms with E-state index in [-0.39, 0.29) is 41.6 Å². The van der Waals surface area contributed by atoms with E-state index in [2.05, 4.69) is 56.3 Å². The number of rotatable bonds is 9. The first-order chi connectivity index (χ1) is 21.3. The minimum absolute atomic E-state index is 0.0344. The molecule has 0 bridgehead atoms. The Morgan fingerprint density at radius 3 is 2.51 bits per heavy atom. The summed E-state index contributed by atoms with van der Waals surface area (Å²) in [5.41, 5.74) is 0.352. The topological polar surface area (TPSA) is 107 Å². The Kier molecular flexibility index (Phi) is 11.6. The van der Waals surface area contributed by atoms with Gasteiger partial charge in [0.2, 0.25) is 5.91 Å². The summed E-state index contributed by atoms with van der Waals surface area (Å²) in [6, 6.07) is -0.350. The minimum Gasteiger partial charge on any atom is -0.396 e. The van der Waals surface area contributed by atoms with E-state index in [1.165, 1.54) is 27.4 Å². The molecule has 1 aromatic rings. The van der Waals surface area contributed by atoms with Crippen molar-refractivity contribution in [2.75, 3.05) is 19.7 Å². The number of hydrogen-bond acceptors (Lipinski definition) is 8. The van der Waals surface area contributed by atoms with Crippen LogP contribution in [0.2, 0.25) is 0 Å². The summed E-state index contributed by atoms with van der Waals surface area (Å²) in [6.07, 6.45) is 7.45. The van der Waals surface area contributed by atoms with Gasteiger partial charge in [-0.05, 0) is 69.3 Å². The predicted molar refractivity (Wildman–Crippen MR) is 175 cm³/mol. The normalized spacial score (nSPS) is 21.9. The van der Waals surface area contributed by atoms with E-state index in [4.69, 9.17) is 9.94 Å². The molecule has 2 saturated heterocycles. The molecule has 246 valence electrons. The molecule has 1 N–H and O–H groups in total. The van der Waals surface area contributed by atoms with Gasteiger partial charge in [-0.25, -0.2) is 4.98 Å². The number of nitrogens with zero attached hydrogens (tertiary/aromatic N) is 5. The van der Waals surface area contributed by atoms with Gasteiger partial charge in [0.25, 0.3) is 11.8 Å². The van der Waals surface area contributed by atoms with E-state index in [9.17, 15) is 14.4 Å². The van der Waals surface area contributed by atoms with Gasteiger partial charge in [-0.2, -0.15) is 5.06 Å². The summed E-state index contributed by atoms with van der Waals surface area (Å²) >= 11 is 1.37. The highest BCUT2D eigenvalue weighted by molar-refractivity contribution is 7.10. The molecule has 3 aliphatic heterocycles. The maximum atomic E-state index is 14.2. The highest BCUT2D eigenvalue weighted by atomic mass is 32.1. The molecule has 3 aliphatic rings. The Bertz CT molecular complexity index is 1340. The van der Waals surface area contributed by atoms with Gasteiger partial charge in [0, 0.05) is 49.7 Å². The first kappa shape index (κ1) is 34.8. The van der Waals surface area contributed by atoms with Crippen LogP contribution in [0.25, 0.3) is 6.08 Å². The number of aromatic nitrogens is 1. The van der Waals surface area contributed by atoms with Crippen LogP contribution in [-0.4, -0.2) is 91.5 Å². The van der Waals surface area contributed by atoms with Crippen molar-refractivity contribution in [2.45, 2.75) is 111 Å². The fourth-order valence-corrected chi connectivity index (χ4v) is 6.55. The number of unbranched alkanes of at least 4 members (excludes halogenated alkanes) is 1. The second kappa shape index (κ2) is 15.0. The molecular formula is C34H49N5O5S. The van der Waals surface area contributed by atoms with Crippen LogP contribution in [0, 0.1) is 23.2 Å². The Balaban J connectivity index is 1.68. The second-order valence-electron chi connectivity index (χ2n) is 14.0. The number of amides is 3. The average Bonchev–Trinajstić information content (AvgIpc) is 3.43. The van der Waals surface area contributed by atoms with Crippen molar-refractivity contribution in [1.29, 1.82) is 0 Å². The molecule has 45 heavy (non-hydrogen) atoms. The SMILES string of the molecule is CC(C)C[C@H]1ON(C(=O)/C=C/c2nc(C#CCCCO)cs2)C2=CN(C3CCN(C(C)C)CC3)C(=O)[C@H](CC(C)(C)C)N2C1=O. The molecule has 0 saturated carbocycles. The third-order valence-electron chi connectivity index (χ3n) is 8.19. The molecule has 4 heterocycles. The lowest BCUT2D eigenvalue weighted by molar-refractivity contribution is -0.226. The van der Waals surface area contributed by atoms with E-state index in [0.29, 0.717) is 42.4 Å². The summed E-state index contributed by atoms with van der Waals surface area (Å²) in [4.78, 5) is 58.4. The highest BCUT2D eigenvalue weighted by Gasteiger charge is 2.51. The molecule has 11 heteroatoms. The van der Waals surface area contributed by atoms with Crippen LogP contribution < -0.4 is 0 Å². The standard InChI is InChI=1S/C34H49N5O5S/c1-23(2)19-28-33(43)38-27(20-34(5,6)7)32(42)37(26-14-16-36(17-15-26)24(3)4)21-30(38)39(44-28)31(41)13-12-29-35-25(22-45-29)11-9-8-10-18-40/h12-13,21-24,26-28,40H,8,10,14-20H2,1-7H3/b13-12+/t27-,28+/m0/s1. The fraction of sp³-hybridized carbons (Fsp3) is 0.647. The second-order valence-corrected chi connectivity index (χ2v) is 14.9. The number of hydrogen-bond donors (Lipinski definition) is 1. The zero-order valence-electron chi connectivity index (χ0n) is 27.8. The van der Waals surface area contributed by atoms with Crippen molar-refractivity contribution < 1.29 is 24.3 Å². The molecule has 0 radical (unpaired) electrons. The molecule has 4 rings (SSSR count). The number of aliphatic hydroxyl groups is 1. The van der Waals surface area contributed by atoms with E-state index < -0.39 is 18.1 Å².